The fourth-order valence-electron chi connectivity index (χ4n) is 3.50. The van der Waals surface area contributed by atoms with Crippen LogP contribution in [-0.2, 0) is 11.0 Å². The van der Waals surface area contributed by atoms with Crippen molar-refractivity contribution in [2.45, 2.75) is 51.1 Å². The van der Waals surface area contributed by atoms with Crippen molar-refractivity contribution in [2.75, 3.05) is 18.5 Å². The second-order valence-electron chi connectivity index (χ2n) is 8.26. The average Bonchev–Trinajstić information content (AvgIpc) is 3.08. The Hall–Kier alpha value is -2.62. The van der Waals surface area contributed by atoms with E-state index in [4.69, 9.17) is 0 Å². The molecule has 3 heterocycles. The third-order valence-electron chi connectivity index (χ3n) is 5.07. The maximum Gasteiger partial charge on any atom is 0.433 e. The van der Waals surface area contributed by atoms with Gasteiger partial charge in [-0.05, 0) is 32.9 Å². The Morgan fingerprint density at radius 3 is 2.43 bits per heavy atom. The van der Waals surface area contributed by atoms with Gasteiger partial charge in [-0.1, -0.05) is 0 Å². The second-order valence-corrected chi connectivity index (χ2v) is 8.26. The molecule has 0 radical (unpaired) electrons. The van der Waals surface area contributed by atoms with E-state index in [0.717, 1.165) is 12.3 Å². The lowest BCUT2D eigenvalue weighted by Crippen LogP contribution is -2.51. The molecule has 162 valence electrons. The summed E-state index contributed by atoms with van der Waals surface area (Å²) in [5.41, 5.74) is -0.709. The monoisotopic (exact) mass is 425 g/mol. The lowest BCUT2D eigenvalue weighted by atomic mass is 10.0. The Balaban J connectivity index is 1.84. The van der Waals surface area contributed by atoms with Gasteiger partial charge in [0, 0.05) is 43.4 Å². The van der Waals surface area contributed by atoms with Gasteiger partial charge in [0.15, 0.2) is 0 Å². The number of amides is 1. The smallest absolute Gasteiger partial charge is 0.298 e. The van der Waals surface area contributed by atoms with Gasteiger partial charge < -0.3 is 0 Å². The third kappa shape index (κ3) is 4.58. The van der Waals surface area contributed by atoms with Gasteiger partial charge >= 0.3 is 6.18 Å². The number of hydrogen-bond acceptors (Lipinski definition) is 5. The molecule has 3 rings (SSSR count). The molecular formula is C20H23F4N5O. The van der Waals surface area contributed by atoms with E-state index in [0.29, 0.717) is 11.3 Å². The van der Waals surface area contributed by atoms with E-state index < -0.39 is 24.1 Å². The van der Waals surface area contributed by atoms with Gasteiger partial charge in [-0.15, -0.1) is 0 Å². The molecule has 30 heavy (non-hydrogen) atoms. The predicted octanol–water partition coefficient (Wildman–Crippen LogP) is 3.73. The van der Waals surface area contributed by atoms with E-state index in [1.807, 2.05) is 25.7 Å². The number of hydrogen-bond donors (Lipinski definition) is 0. The van der Waals surface area contributed by atoms with Crippen molar-refractivity contribution in [3.05, 3.63) is 36.4 Å². The summed E-state index contributed by atoms with van der Waals surface area (Å²) in [5.74, 6) is -0.0404. The first-order valence-corrected chi connectivity index (χ1v) is 9.42. The molecular weight excluding hydrogens is 402 g/mol. The van der Waals surface area contributed by atoms with Crippen molar-refractivity contribution >= 4 is 11.7 Å². The van der Waals surface area contributed by atoms with E-state index in [-0.39, 0.29) is 30.2 Å². The van der Waals surface area contributed by atoms with Crippen LogP contribution in [-0.4, -0.2) is 57.1 Å². The summed E-state index contributed by atoms with van der Waals surface area (Å²) >= 11 is 0. The van der Waals surface area contributed by atoms with Gasteiger partial charge in [0.25, 0.3) is 0 Å². The third-order valence-corrected chi connectivity index (χ3v) is 5.07. The van der Waals surface area contributed by atoms with Crippen molar-refractivity contribution in [1.29, 1.82) is 0 Å². The maximum absolute atomic E-state index is 14.1. The van der Waals surface area contributed by atoms with Gasteiger partial charge in [0.1, 0.15) is 24.0 Å². The minimum atomic E-state index is -4.53. The van der Waals surface area contributed by atoms with Crippen LogP contribution >= 0.6 is 0 Å². The number of halogens is 4. The first kappa shape index (κ1) is 22.1. The summed E-state index contributed by atoms with van der Waals surface area (Å²) in [5, 5.41) is 0. The van der Waals surface area contributed by atoms with Crippen LogP contribution in [0, 0.1) is 0 Å². The van der Waals surface area contributed by atoms with Crippen molar-refractivity contribution in [3.63, 3.8) is 0 Å². The SMILES string of the molecule is CN(C(=O)[C@@H]1C[C@@H](F)CN1C(C)(C)C)c1cc(-c2ccc(C(F)(F)F)nc2)ncn1. The zero-order valence-corrected chi connectivity index (χ0v) is 17.1. The molecule has 2 atom stereocenters. The highest BCUT2D eigenvalue weighted by molar-refractivity contribution is 5.96. The number of carbonyl (C=O) groups excluding carboxylic acids is 1. The Bertz CT molecular complexity index is 911. The molecule has 2 aromatic heterocycles. The molecule has 0 bridgehead atoms. The predicted molar refractivity (Wildman–Crippen MR) is 103 cm³/mol. The van der Waals surface area contributed by atoms with Crippen LogP contribution in [0.5, 0.6) is 0 Å². The average molecular weight is 425 g/mol. The standard InChI is InChI=1S/C20H23F4N5O/c1-19(2,3)29-10-13(21)7-15(29)18(30)28(4)17-8-14(26-11-27-17)12-5-6-16(25-9-12)20(22,23)24/h5-6,8-9,11,13,15H,7,10H2,1-4H3/t13-,15+/m1/s1. The molecule has 0 unspecified atom stereocenters. The van der Waals surface area contributed by atoms with E-state index in [2.05, 4.69) is 15.0 Å². The Morgan fingerprint density at radius 1 is 1.17 bits per heavy atom. The van der Waals surface area contributed by atoms with E-state index >= 15 is 0 Å². The van der Waals surface area contributed by atoms with Gasteiger partial charge in [0.2, 0.25) is 5.91 Å². The zero-order valence-electron chi connectivity index (χ0n) is 17.1. The first-order valence-electron chi connectivity index (χ1n) is 9.42. The molecule has 0 aliphatic carbocycles. The van der Waals surface area contributed by atoms with E-state index in [1.54, 1.807) is 0 Å². The Morgan fingerprint density at radius 2 is 1.87 bits per heavy atom. The normalized spacial score (nSPS) is 20.4. The molecule has 2 aromatic rings. The van der Waals surface area contributed by atoms with Gasteiger partial charge in [0.05, 0.1) is 11.7 Å². The molecule has 1 fully saturated rings. The highest BCUT2D eigenvalue weighted by Crippen LogP contribution is 2.31. The van der Waals surface area contributed by atoms with Crippen molar-refractivity contribution in [3.8, 4) is 11.3 Å². The van der Waals surface area contributed by atoms with Crippen molar-refractivity contribution < 1.29 is 22.4 Å². The topological polar surface area (TPSA) is 62.2 Å². The molecule has 0 aromatic carbocycles. The number of anilines is 1. The van der Waals surface area contributed by atoms with Crippen LogP contribution in [0.4, 0.5) is 23.4 Å². The number of nitrogens with zero attached hydrogens (tertiary/aromatic N) is 5. The number of likely N-dealkylation sites (N-methyl/N-ethyl adjacent to an activating group) is 1. The number of alkyl halides is 4. The number of carbonyl (C=O) groups is 1. The summed E-state index contributed by atoms with van der Waals surface area (Å²) in [6.07, 6.45) is -3.23. The minimum Gasteiger partial charge on any atom is -0.298 e. The number of pyridine rings is 1. The van der Waals surface area contributed by atoms with E-state index in [9.17, 15) is 22.4 Å². The molecule has 0 spiro atoms. The Kier molecular flexibility index (Phi) is 5.81. The number of aromatic nitrogens is 3. The van der Waals surface area contributed by atoms with Crippen molar-refractivity contribution in [1.82, 2.24) is 19.9 Å². The lowest BCUT2D eigenvalue weighted by molar-refractivity contribution is -0.141. The largest absolute Gasteiger partial charge is 0.433 e. The quantitative estimate of drug-likeness (QED) is 0.702. The fourth-order valence-corrected chi connectivity index (χ4v) is 3.50. The highest BCUT2D eigenvalue weighted by atomic mass is 19.4. The van der Waals surface area contributed by atoms with Crippen LogP contribution < -0.4 is 4.90 Å². The Labute approximate surface area is 171 Å². The van der Waals surface area contributed by atoms with Crippen LogP contribution in [0.25, 0.3) is 11.3 Å². The second kappa shape index (κ2) is 7.90. The molecule has 0 N–H and O–H groups in total. The molecule has 1 aliphatic heterocycles. The molecule has 1 aliphatic rings. The van der Waals surface area contributed by atoms with Crippen LogP contribution in [0.1, 0.15) is 32.9 Å². The lowest BCUT2D eigenvalue weighted by Gasteiger charge is -2.37. The fraction of sp³-hybridized carbons (Fsp3) is 0.500. The van der Waals surface area contributed by atoms with E-state index in [1.165, 1.54) is 30.4 Å². The molecule has 10 heteroatoms. The van der Waals surface area contributed by atoms with Gasteiger partial charge in [-0.25, -0.2) is 14.4 Å². The maximum atomic E-state index is 14.1. The molecule has 1 amide bonds. The van der Waals surface area contributed by atoms with Crippen LogP contribution in [0.2, 0.25) is 0 Å². The summed E-state index contributed by atoms with van der Waals surface area (Å²) < 4.78 is 52.2. The first-order chi connectivity index (χ1) is 13.9. The molecule has 6 nitrogen and oxygen atoms in total. The summed E-state index contributed by atoms with van der Waals surface area (Å²) in [7, 11) is 1.53. The molecule has 1 saturated heterocycles. The number of likely N-dealkylation sites (tertiary alicyclic amines) is 1. The zero-order chi connectivity index (χ0) is 22.3. The summed E-state index contributed by atoms with van der Waals surface area (Å²) in [4.78, 5) is 27.8. The van der Waals surface area contributed by atoms with Gasteiger partial charge in [-0.3, -0.25) is 19.6 Å². The van der Waals surface area contributed by atoms with Gasteiger partial charge in [-0.2, -0.15) is 13.2 Å². The highest BCUT2D eigenvalue weighted by Gasteiger charge is 2.43. The number of rotatable bonds is 3. The van der Waals surface area contributed by atoms with Crippen LogP contribution in [0.15, 0.2) is 30.7 Å². The summed E-state index contributed by atoms with van der Waals surface area (Å²) in [6.45, 7) is 5.95. The molecule has 0 saturated carbocycles. The van der Waals surface area contributed by atoms with Crippen LogP contribution in [0.3, 0.4) is 0 Å². The summed E-state index contributed by atoms with van der Waals surface area (Å²) in [6, 6.07) is 2.99. The van der Waals surface area contributed by atoms with Crippen molar-refractivity contribution in [2.24, 2.45) is 0 Å². The minimum absolute atomic E-state index is 0.0984.